The maximum Gasteiger partial charge on any atom is 0.243 e. The van der Waals surface area contributed by atoms with Crippen LogP contribution in [0.15, 0.2) is 18.2 Å². The summed E-state index contributed by atoms with van der Waals surface area (Å²) in [7, 11) is 1.72. The molecule has 0 radical (unpaired) electrons. The van der Waals surface area contributed by atoms with Gasteiger partial charge in [-0.25, -0.2) is 0 Å². The Labute approximate surface area is 139 Å². The fourth-order valence-electron chi connectivity index (χ4n) is 3.17. The highest BCUT2D eigenvalue weighted by Gasteiger charge is 2.20. The van der Waals surface area contributed by atoms with Gasteiger partial charge in [0.1, 0.15) is 0 Å². The molecule has 1 aromatic carbocycles. The Balaban J connectivity index is 1.83. The van der Waals surface area contributed by atoms with Crippen LogP contribution in [-0.4, -0.2) is 30.3 Å². The molecule has 0 unspecified atom stereocenters. The number of nitrogens with zero attached hydrogens (tertiary/aromatic N) is 1. The standard InChI is InChI=1S/C19H28N2O2/c1-14-8-7-11-17(15(14)2)20-18(22)13-21(3)19(23)12-16-9-5-4-6-10-16/h7-8,11,16H,4-6,9-10,12-13H2,1-3H3,(H,20,22). The Kier molecular flexibility index (Phi) is 6.20. The van der Waals surface area contributed by atoms with Crippen molar-refractivity contribution in [2.75, 3.05) is 18.9 Å². The van der Waals surface area contributed by atoms with E-state index in [4.69, 9.17) is 0 Å². The molecule has 1 fully saturated rings. The number of benzene rings is 1. The lowest BCUT2D eigenvalue weighted by Gasteiger charge is -2.24. The molecule has 0 spiro atoms. The minimum Gasteiger partial charge on any atom is -0.336 e. The van der Waals surface area contributed by atoms with Crippen LogP contribution in [0.5, 0.6) is 0 Å². The molecule has 1 aliphatic carbocycles. The van der Waals surface area contributed by atoms with Crippen LogP contribution < -0.4 is 5.32 Å². The summed E-state index contributed by atoms with van der Waals surface area (Å²) in [6, 6.07) is 5.84. The molecule has 126 valence electrons. The van der Waals surface area contributed by atoms with Gasteiger partial charge in [0.15, 0.2) is 0 Å². The van der Waals surface area contributed by atoms with Crippen LogP contribution in [0.2, 0.25) is 0 Å². The van der Waals surface area contributed by atoms with Crippen molar-refractivity contribution >= 4 is 17.5 Å². The molecule has 1 saturated carbocycles. The maximum absolute atomic E-state index is 12.3. The number of nitrogens with one attached hydrogen (secondary N) is 1. The van der Waals surface area contributed by atoms with Gasteiger partial charge < -0.3 is 10.2 Å². The van der Waals surface area contributed by atoms with E-state index in [-0.39, 0.29) is 18.4 Å². The number of carbonyl (C=O) groups is 2. The first-order valence-electron chi connectivity index (χ1n) is 8.57. The van der Waals surface area contributed by atoms with Crippen LogP contribution in [-0.2, 0) is 9.59 Å². The van der Waals surface area contributed by atoms with E-state index in [1.165, 1.54) is 19.3 Å². The quantitative estimate of drug-likeness (QED) is 0.901. The maximum atomic E-state index is 12.3. The SMILES string of the molecule is Cc1cccc(NC(=O)CN(C)C(=O)CC2CCCCC2)c1C. The normalized spacial score (nSPS) is 15.3. The van der Waals surface area contributed by atoms with Crippen molar-refractivity contribution in [3.05, 3.63) is 29.3 Å². The number of anilines is 1. The Morgan fingerprint density at radius 3 is 2.57 bits per heavy atom. The molecule has 4 nitrogen and oxygen atoms in total. The van der Waals surface area contributed by atoms with Gasteiger partial charge in [0.25, 0.3) is 0 Å². The number of likely N-dealkylation sites (N-methyl/N-ethyl adjacent to an activating group) is 1. The third kappa shape index (κ3) is 5.08. The molecule has 0 aliphatic heterocycles. The van der Waals surface area contributed by atoms with Crippen LogP contribution in [0.25, 0.3) is 0 Å². The van der Waals surface area contributed by atoms with Crippen molar-refractivity contribution in [1.29, 1.82) is 0 Å². The summed E-state index contributed by atoms with van der Waals surface area (Å²) in [5.74, 6) is 0.437. The fraction of sp³-hybridized carbons (Fsp3) is 0.579. The van der Waals surface area contributed by atoms with E-state index < -0.39 is 0 Å². The molecule has 0 bridgehead atoms. The predicted octanol–water partition coefficient (Wildman–Crippen LogP) is 3.67. The van der Waals surface area contributed by atoms with E-state index in [0.29, 0.717) is 12.3 Å². The highest BCUT2D eigenvalue weighted by Crippen LogP contribution is 2.26. The van der Waals surface area contributed by atoms with Gasteiger partial charge in [-0.2, -0.15) is 0 Å². The lowest BCUT2D eigenvalue weighted by molar-refractivity contribution is -0.134. The van der Waals surface area contributed by atoms with Crippen LogP contribution in [0.1, 0.15) is 49.7 Å². The lowest BCUT2D eigenvalue weighted by Crippen LogP contribution is -2.36. The second-order valence-electron chi connectivity index (χ2n) is 6.75. The Morgan fingerprint density at radius 2 is 1.87 bits per heavy atom. The summed E-state index contributed by atoms with van der Waals surface area (Å²) in [5, 5.41) is 2.91. The van der Waals surface area contributed by atoms with Gasteiger partial charge in [-0.05, 0) is 49.8 Å². The Hall–Kier alpha value is -1.84. The van der Waals surface area contributed by atoms with Gasteiger partial charge in [-0.1, -0.05) is 31.4 Å². The second-order valence-corrected chi connectivity index (χ2v) is 6.75. The molecule has 23 heavy (non-hydrogen) atoms. The molecule has 1 N–H and O–H groups in total. The zero-order valence-corrected chi connectivity index (χ0v) is 14.5. The first kappa shape index (κ1) is 17.5. The van der Waals surface area contributed by atoms with Crippen molar-refractivity contribution in [2.24, 2.45) is 5.92 Å². The van der Waals surface area contributed by atoms with E-state index >= 15 is 0 Å². The second kappa shape index (κ2) is 8.14. The number of hydrogen-bond donors (Lipinski definition) is 1. The fourth-order valence-corrected chi connectivity index (χ4v) is 3.17. The molecule has 0 atom stereocenters. The highest BCUT2D eigenvalue weighted by atomic mass is 16.2. The number of rotatable bonds is 5. The Morgan fingerprint density at radius 1 is 1.17 bits per heavy atom. The molecule has 2 amide bonds. The number of aryl methyl sites for hydroxylation is 1. The van der Waals surface area contributed by atoms with Crippen molar-refractivity contribution in [1.82, 2.24) is 4.90 Å². The van der Waals surface area contributed by atoms with Gasteiger partial charge in [-0.3, -0.25) is 9.59 Å². The molecule has 1 aromatic rings. The summed E-state index contributed by atoms with van der Waals surface area (Å²) in [4.78, 5) is 26.0. The first-order valence-corrected chi connectivity index (χ1v) is 8.57. The zero-order chi connectivity index (χ0) is 16.8. The largest absolute Gasteiger partial charge is 0.336 e. The third-order valence-corrected chi connectivity index (χ3v) is 4.87. The van der Waals surface area contributed by atoms with E-state index in [9.17, 15) is 9.59 Å². The van der Waals surface area contributed by atoms with Crippen LogP contribution in [0.3, 0.4) is 0 Å². The minimum absolute atomic E-state index is 0.0769. The van der Waals surface area contributed by atoms with E-state index in [0.717, 1.165) is 29.7 Å². The molecular formula is C19H28N2O2. The van der Waals surface area contributed by atoms with Gasteiger partial charge >= 0.3 is 0 Å². The lowest BCUT2D eigenvalue weighted by atomic mass is 9.87. The van der Waals surface area contributed by atoms with Gasteiger partial charge in [0.2, 0.25) is 11.8 Å². The van der Waals surface area contributed by atoms with Crippen molar-refractivity contribution in [3.8, 4) is 0 Å². The Bertz CT molecular complexity index is 562. The number of carbonyl (C=O) groups excluding carboxylic acids is 2. The zero-order valence-electron chi connectivity index (χ0n) is 14.5. The van der Waals surface area contributed by atoms with Crippen LogP contribution in [0, 0.1) is 19.8 Å². The van der Waals surface area contributed by atoms with Gasteiger partial charge in [-0.15, -0.1) is 0 Å². The summed E-state index contributed by atoms with van der Waals surface area (Å²) < 4.78 is 0. The number of amides is 2. The summed E-state index contributed by atoms with van der Waals surface area (Å²) in [6.07, 6.45) is 6.62. The van der Waals surface area contributed by atoms with Crippen LogP contribution in [0.4, 0.5) is 5.69 Å². The van der Waals surface area contributed by atoms with Crippen molar-refractivity contribution in [3.63, 3.8) is 0 Å². The van der Waals surface area contributed by atoms with Crippen LogP contribution >= 0.6 is 0 Å². The first-order chi connectivity index (χ1) is 11.0. The molecule has 0 aromatic heterocycles. The minimum atomic E-state index is -0.141. The molecule has 0 heterocycles. The summed E-state index contributed by atoms with van der Waals surface area (Å²) in [5.41, 5.74) is 3.03. The smallest absolute Gasteiger partial charge is 0.243 e. The average molecular weight is 316 g/mol. The average Bonchev–Trinajstić information content (AvgIpc) is 2.52. The number of hydrogen-bond acceptors (Lipinski definition) is 2. The van der Waals surface area contributed by atoms with Crippen molar-refractivity contribution < 1.29 is 9.59 Å². The van der Waals surface area contributed by atoms with Crippen molar-refractivity contribution in [2.45, 2.75) is 52.4 Å². The molecule has 0 saturated heterocycles. The molecular weight excluding hydrogens is 288 g/mol. The monoisotopic (exact) mass is 316 g/mol. The molecule has 1 aliphatic rings. The van der Waals surface area contributed by atoms with Gasteiger partial charge in [0, 0.05) is 19.2 Å². The molecule has 4 heteroatoms. The summed E-state index contributed by atoms with van der Waals surface area (Å²) in [6.45, 7) is 4.12. The molecule has 2 rings (SSSR count). The van der Waals surface area contributed by atoms with E-state index in [2.05, 4.69) is 5.32 Å². The predicted molar refractivity (Wildman–Crippen MR) is 93.4 cm³/mol. The van der Waals surface area contributed by atoms with E-state index in [1.54, 1.807) is 11.9 Å². The van der Waals surface area contributed by atoms with Gasteiger partial charge in [0.05, 0.1) is 6.54 Å². The van der Waals surface area contributed by atoms with E-state index in [1.807, 2.05) is 32.0 Å². The topological polar surface area (TPSA) is 49.4 Å². The summed E-state index contributed by atoms with van der Waals surface area (Å²) >= 11 is 0. The highest BCUT2D eigenvalue weighted by molar-refractivity contribution is 5.95. The third-order valence-electron chi connectivity index (χ3n) is 4.87.